The van der Waals surface area contributed by atoms with Gasteiger partial charge in [-0.3, -0.25) is 0 Å². The molecule has 0 saturated carbocycles. The lowest BCUT2D eigenvalue weighted by molar-refractivity contribution is 1.48. The van der Waals surface area contributed by atoms with Crippen LogP contribution in [0.25, 0.3) is 10.4 Å². The zero-order chi connectivity index (χ0) is 9.26. The Labute approximate surface area is 86.8 Å². The molecule has 65 valence electrons. The van der Waals surface area contributed by atoms with Crippen LogP contribution in [0.1, 0.15) is 5.56 Å². The molecule has 13 heavy (non-hydrogen) atoms. The van der Waals surface area contributed by atoms with Crippen LogP contribution in [0, 0.1) is 12.3 Å². The molecule has 1 aromatic carbocycles. The molecule has 0 unspecified atom stereocenters. The summed E-state index contributed by atoms with van der Waals surface area (Å²) in [5.41, 5.74) is 2.29. The number of halogens is 1. The molecule has 0 aliphatic rings. The molecule has 2 rings (SSSR count). The smallest absolute Gasteiger partial charge is 0.0495 e. The highest BCUT2D eigenvalue weighted by atomic mass is 35.5. The Bertz CT molecular complexity index is 404. The topological polar surface area (TPSA) is 0 Å². The summed E-state index contributed by atoms with van der Waals surface area (Å²) in [6.45, 7) is 2.04. The average Bonchev–Trinajstić information content (AvgIpc) is 2.56. The summed E-state index contributed by atoms with van der Waals surface area (Å²) in [5.74, 6) is 0. The van der Waals surface area contributed by atoms with E-state index in [-0.39, 0.29) is 0 Å². The number of thiophene rings is 1. The SMILES string of the molecule is Cc1ccc(-c2cc[c]s2)c(Cl)c1. The molecule has 1 aromatic heterocycles. The summed E-state index contributed by atoms with van der Waals surface area (Å²) < 4.78 is 0. The van der Waals surface area contributed by atoms with Crippen LogP contribution in [-0.2, 0) is 0 Å². The number of aryl methyl sites for hydroxylation is 1. The second kappa shape index (κ2) is 3.52. The van der Waals surface area contributed by atoms with Gasteiger partial charge in [0.25, 0.3) is 0 Å². The quantitative estimate of drug-likeness (QED) is 0.658. The van der Waals surface area contributed by atoms with Gasteiger partial charge >= 0.3 is 0 Å². The third-order valence-corrected chi connectivity index (χ3v) is 3.00. The van der Waals surface area contributed by atoms with Gasteiger partial charge in [-0.15, -0.1) is 11.3 Å². The van der Waals surface area contributed by atoms with E-state index in [4.69, 9.17) is 11.6 Å². The molecule has 0 spiro atoms. The van der Waals surface area contributed by atoms with Crippen molar-refractivity contribution in [2.45, 2.75) is 6.92 Å². The first kappa shape index (κ1) is 8.79. The van der Waals surface area contributed by atoms with Crippen LogP contribution < -0.4 is 0 Å². The second-order valence-corrected chi connectivity index (χ2v) is 4.19. The van der Waals surface area contributed by atoms with Gasteiger partial charge in [-0.1, -0.05) is 23.7 Å². The van der Waals surface area contributed by atoms with Gasteiger partial charge in [0.15, 0.2) is 0 Å². The van der Waals surface area contributed by atoms with Gasteiger partial charge in [0.05, 0.1) is 0 Å². The first-order valence-electron chi connectivity index (χ1n) is 4.00. The lowest BCUT2D eigenvalue weighted by Gasteiger charge is -2.01. The lowest BCUT2D eigenvalue weighted by atomic mass is 10.1. The van der Waals surface area contributed by atoms with Gasteiger partial charge in [-0.05, 0) is 30.7 Å². The second-order valence-electron chi connectivity index (χ2n) is 2.90. The van der Waals surface area contributed by atoms with Gasteiger partial charge in [0.2, 0.25) is 0 Å². The number of rotatable bonds is 1. The van der Waals surface area contributed by atoms with Crippen LogP contribution >= 0.6 is 22.9 Å². The van der Waals surface area contributed by atoms with Crippen molar-refractivity contribution in [3.05, 3.63) is 46.3 Å². The fourth-order valence-electron chi connectivity index (χ4n) is 1.21. The molecule has 0 atom stereocenters. The predicted molar refractivity (Wildman–Crippen MR) is 58.3 cm³/mol. The van der Waals surface area contributed by atoms with E-state index in [0.717, 1.165) is 10.6 Å². The van der Waals surface area contributed by atoms with E-state index in [1.54, 1.807) is 11.3 Å². The fourth-order valence-corrected chi connectivity index (χ4v) is 2.29. The van der Waals surface area contributed by atoms with Crippen molar-refractivity contribution in [1.29, 1.82) is 0 Å². The van der Waals surface area contributed by atoms with Gasteiger partial charge in [-0.25, -0.2) is 0 Å². The van der Waals surface area contributed by atoms with Gasteiger partial charge in [-0.2, -0.15) is 0 Å². The first-order valence-corrected chi connectivity index (χ1v) is 5.19. The third kappa shape index (κ3) is 1.77. The number of hydrogen-bond donors (Lipinski definition) is 0. The molecule has 0 amide bonds. The third-order valence-electron chi connectivity index (χ3n) is 1.86. The Morgan fingerprint density at radius 1 is 1.31 bits per heavy atom. The van der Waals surface area contributed by atoms with Gasteiger partial charge in [0.1, 0.15) is 0 Å². The highest BCUT2D eigenvalue weighted by molar-refractivity contribution is 7.13. The van der Waals surface area contributed by atoms with Crippen molar-refractivity contribution >= 4 is 22.9 Å². The Balaban J connectivity index is 2.53. The maximum absolute atomic E-state index is 6.11. The zero-order valence-electron chi connectivity index (χ0n) is 7.17. The summed E-state index contributed by atoms with van der Waals surface area (Å²) in [5, 5.41) is 3.87. The van der Waals surface area contributed by atoms with Crippen molar-refractivity contribution in [3.8, 4) is 10.4 Å². The molecular formula is C11H8ClS. The van der Waals surface area contributed by atoms with Crippen LogP contribution in [0.3, 0.4) is 0 Å². The van der Waals surface area contributed by atoms with E-state index in [9.17, 15) is 0 Å². The van der Waals surface area contributed by atoms with E-state index >= 15 is 0 Å². The van der Waals surface area contributed by atoms with Crippen molar-refractivity contribution in [3.63, 3.8) is 0 Å². The molecular weight excluding hydrogens is 200 g/mol. The summed E-state index contributed by atoms with van der Waals surface area (Å²) in [6, 6.07) is 10.0. The molecule has 0 aliphatic carbocycles. The van der Waals surface area contributed by atoms with E-state index < -0.39 is 0 Å². The van der Waals surface area contributed by atoms with Gasteiger partial charge < -0.3 is 0 Å². The largest absolute Gasteiger partial charge is 0.134 e. The molecule has 0 saturated heterocycles. The Hall–Kier alpha value is -0.790. The molecule has 1 radical (unpaired) electrons. The molecule has 0 aliphatic heterocycles. The Morgan fingerprint density at radius 2 is 2.15 bits per heavy atom. The Morgan fingerprint density at radius 3 is 2.77 bits per heavy atom. The summed E-state index contributed by atoms with van der Waals surface area (Å²) >= 11 is 7.70. The highest BCUT2D eigenvalue weighted by Crippen LogP contribution is 2.31. The van der Waals surface area contributed by atoms with E-state index in [1.165, 1.54) is 10.4 Å². The van der Waals surface area contributed by atoms with E-state index in [1.807, 2.05) is 25.1 Å². The van der Waals surface area contributed by atoms with Crippen LogP contribution in [0.15, 0.2) is 30.3 Å². The summed E-state index contributed by atoms with van der Waals surface area (Å²) in [7, 11) is 0. The van der Waals surface area contributed by atoms with Crippen molar-refractivity contribution in [2.24, 2.45) is 0 Å². The van der Waals surface area contributed by atoms with Crippen molar-refractivity contribution < 1.29 is 0 Å². The molecule has 0 bridgehead atoms. The first-order chi connectivity index (χ1) is 6.27. The van der Waals surface area contributed by atoms with Crippen LogP contribution in [0.2, 0.25) is 5.02 Å². The fraction of sp³-hybridized carbons (Fsp3) is 0.0909. The highest BCUT2D eigenvalue weighted by Gasteiger charge is 2.03. The number of hydrogen-bond acceptors (Lipinski definition) is 1. The maximum atomic E-state index is 6.11. The van der Waals surface area contributed by atoms with E-state index in [0.29, 0.717) is 0 Å². The monoisotopic (exact) mass is 207 g/mol. The molecule has 1 heterocycles. The normalized spacial score (nSPS) is 10.3. The molecule has 0 fully saturated rings. The zero-order valence-corrected chi connectivity index (χ0v) is 8.75. The standard InChI is InChI=1S/C11H8ClS/c1-8-4-5-9(10(12)7-8)11-3-2-6-13-11/h2-5,7H,1H3. The van der Waals surface area contributed by atoms with E-state index in [2.05, 4.69) is 17.5 Å². The Kier molecular flexibility index (Phi) is 2.38. The minimum absolute atomic E-state index is 0.816. The van der Waals surface area contributed by atoms with Crippen molar-refractivity contribution in [2.75, 3.05) is 0 Å². The molecule has 0 nitrogen and oxygen atoms in total. The summed E-state index contributed by atoms with van der Waals surface area (Å²) in [6.07, 6.45) is 0. The van der Waals surface area contributed by atoms with Crippen LogP contribution in [0.4, 0.5) is 0 Å². The van der Waals surface area contributed by atoms with Crippen molar-refractivity contribution in [1.82, 2.24) is 0 Å². The lowest BCUT2D eigenvalue weighted by Crippen LogP contribution is -1.76. The van der Waals surface area contributed by atoms with Crippen LogP contribution in [-0.4, -0.2) is 0 Å². The average molecular weight is 208 g/mol. The number of benzene rings is 1. The molecule has 2 aromatic rings. The van der Waals surface area contributed by atoms with Gasteiger partial charge in [0, 0.05) is 20.8 Å². The van der Waals surface area contributed by atoms with Crippen LogP contribution in [0.5, 0.6) is 0 Å². The predicted octanol–water partition coefficient (Wildman–Crippen LogP) is 4.18. The maximum Gasteiger partial charge on any atom is 0.0495 e. The molecule has 2 heteroatoms. The minimum atomic E-state index is 0.816. The summed E-state index contributed by atoms with van der Waals surface area (Å²) in [4.78, 5) is 1.17. The minimum Gasteiger partial charge on any atom is -0.134 e. The molecule has 0 N–H and O–H groups in total.